The van der Waals surface area contributed by atoms with E-state index >= 15 is 0 Å². The summed E-state index contributed by atoms with van der Waals surface area (Å²) in [5.41, 5.74) is 2.39. The van der Waals surface area contributed by atoms with Crippen LogP contribution >= 0.6 is 0 Å². The molecular formula is C14H21NO3. The van der Waals surface area contributed by atoms with Crippen molar-refractivity contribution < 1.29 is 14.3 Å². The molecule has 0 aliphatic rings. The van der Waals surface area contributed by atoms with Gasteiger partial charge in [0.05, 0.1) is 20.1 Å². The summed E-state index contributed by atoms with van der Waals surface area (Å²) in [6.45, 7) is 4.68. The number of carbonyl (C=O) groups excluding carboxylic acids is 1. The number of benzene rings is 1. The molecule has 0 radical (unpaired) electrons. The first-order chi connectivity index (χ1) is 8.77. The Kier molecular flexibility index (Phi) is 7.06. The molecule has 0 saturated heterocycles. The first kappa shape index (κ1) is 14.7. The molecular weight excluding hydrogens is 230 g/mol. The first-order valence-electron chi connectivity index (χ1n) is 6.20. The number of nitrogens with one attached hydrogen (secondary N) is 1. The highest BCUT2D eigenvalue weighted by atomic mass is 16.5. The topological polar surface area (TPSA) is 47.6 Å². The van der Waals surface area contributed by atoms with E-state index in [1.54, 1.807) is 0 Å². The standard InChI is InChI=1S/C14H21NO3/c1-3-18-11-13-7-5-4-6-12(13)10-15-9-8-14(16)17-2/h4-7,15H,3,8-11H2,1-2H3. The van der Waals surface area contributed by atoms with Gasteiger partial charge in [-0.05, 0) is 18.1 Å². The predicted octanol–water partition coefficient (Wildman–Crippen LogP) is 1.88. The monoisotopic (exact) mass is 251 g/mol. The predicted molar refractivity (Wildman–Crippen MR) is 70.1 cm³/mol. The Balaban J connectivity index is 2.38. The van der Waals surface area contributed by atoms with Gasteiger partial charge in [-0.15, -0.1) is 0 Å². The Labute approximate surface area is 108 Å². The third-order valence-electron chi connectivity index (χ3n) is 2.63. The summed E-state index contributed by atoms with van der Waals surface area (Å²) >= 11 is 0. The van der Waals surface area contributed by atoms with Gasteiger partial charge >= 0.3 is 5.97 Å². The van der Waals surface area contributed by atoms with E-state index < -0.39 is 0 Å². The Bertz CT molecular complexity index is 366. The zero-order chi connectivity index (χ0) is 13.2. The van der Waals surface area contributed by atoms with Crippen molar-refractivity contribution in [2.45, 2.75) is 26.5 Å². The number of methoxy groups -OCH3 is 1. The number of esters is 1. The summed E-state index contributed by atoms with van der Waals surface area (Å²) in [4.78, 5) is 10.9. The maximum atomic E-state index is 10.9. The van der Waals surface area contributed by atoms with Gasteiger partial charge in [-0.25, -0.2) is 0 Å². The van der Waals surface area contributed by atoms with Crippen molar-refractivity contribution in [3.63, 3.8) is 0 Å². The van der Waals surface area contributed by atoms with Crippen molar-refractivity contribution >= 4 is 5.97 Å². The molecule has 4 heteroatoms. The van der Waals surface area contributed by atoms with Gasteiger partial charge < -0.3 is 14.8 Å². The normalized spacial score (nSPS) is 10.3. The molecule has 0 unspecified atom stereocenters. The van der Waals surface area contributed by atoms with E-state index in [-0.39, 0.29) is 5.97 Å². The van der Waals surface area contributed by atoms with Gasteiger partial charge in [-0.2, -0.15) is 0 Å². The Morgan fingerprint density at radius 1 is 1.28 bits per heavy atom. The molecule has 1 N–H and O–H groups in total. The van der Waals surface area contributed by atoms with Gasteiger partial charge in [-0.1, -0.05) is 24.3 Å². The Hall–Kier alpha value is -1.39. The lowest BCUT2D eigenvalue weighted by Gasteiger charge is -2.10. The molecule has 0 atom stereocenters. The van der Waals surface area contributed by atoms with Crippen LogP contribution in [0.25, 0.3) is 0 Å². The maximum Gasteiger partial charge on any atom is 0.306 e. The summed E-state index contributed by atoms with van der Waals surface area (Å²) in [6.07, 6.45) is 0.393. The number of hydrogen-bond acceptors (Lipinski definition) is 4. The van der Waals surface area contributed by atoms with Crippen molar-refractivity contribution in [1.29, 1.82) is 0 Å². The van der Waals surface area contributed by atoms with Crippen molar-refractivity contribution in [3.8, 4) is 0 Å². The Morgan fingerprint density at radius 3 is 2.67 bits per heavy atom. The minimum atomic E-state index is -0.190. The van der Waals surface area contributed by atoms with Crippen LogP contribution < -0.4 is 5.32 Å². The van der Waals surface area contributed by atoms with Crippen LogP contribution in [0.5, 0.6) is 0 Å². The minimum absolute atomic E-state index is 0.190. The van der Waals surface area contributed by atoms with Crippen LogP contribution in [-0.2, 0) is 27.4 Å². The molecule has 0 amide bonds. The van der Waals surface area contributed by atoms with Gasteiger partial charge in [-0.3, -0.25) is 4.79 Å². The number of hydrogen-bond donors (Lipinski definition) is 1. The molecule has 0 fully saturated rings. The van der Waals surface area contributed by atoms with Gasteiger partial charge in [0.25, 0.3) is 0 Å². The van der Waals surface area contributed by atoms with E-state index in [0.717, 1.165) is 6.54 Å². The quantitative estimate of drug-likeness (QED) is 0.566. The second-order valence-electron chi connectivity index (χ2n) is 3.91. The van der Waals surface area contributed by atoms with Crippen LogP contribution in [-0.4, -0.2) is 26.2 Å². The van der Waals surface area contributed by atoms with Crippen LogP contribution in [0.1, 0.15) is 24.5 Å². The maximum absolute atomic E-state index is 10.9. The summed E-state index contributed by atoms with van der Waals surface area (Å²) in [5, 5.41) is 3.23. The van der Waals surface area contributed by atoms with Crippen LogP contribution in [0, 0.1) is 0 Å². The zero-order valence-corrected chi connectivity index (χ0v) is 11.1. The number of rotatable bonds is 8. The highest BCUT2D eigenvalue weighted by molar-refractivity contribution is 5.69. The minimum Gasteiger partial charge on any atom is -0.469 e. The summed E-state index contributed by atoms with van der Waals surface area (Å²) in [5.74, 6) is -0.190. The lowest BCUT2D eigenvalue weighted by atomic mass is 10.1. The van der Waals surface area contributed by atoms with Crippen molar-refractivity contribution in [2.24, 2.45) is 0 Å². The molecule has 1 aromatic rings. The van der Waals surface area contributed by atoms with E-state index in [1.807, 2.05) is 19.1 Å². The van der Waals surface area contributed by atoms with Crippen LogP contribution in [0.2, 0.25) is 0 Å². The third-order valence-corrected chi connectivity index (χ3v) is 2.63. The molecule has 0 bridgehead atoms. The Morgan fingerprint density at radius 2 is 2.00 bits per heavy atom. The van der Waals surface area contributed by atoms with Crippen LogP contribution in [0.15, 0.2) is 24.3 Å². The highest BCUT2D eigenvalue weighted by Crippen LogP contribution is 2.09. The summed E-state index contributed by atoms with van der Waals surface area (Å²) < 4.78 is 10.0. The second kappa shape index (κ2) is 8.66. The molecule has 0 aromatic heterocycles. The smallest absolute Gasteiger partial charge is 0.306 e. The summed E-state index contributed by atoms with van der Waals surface area (Å²) in [7, 11) is 1.40. The van der Waals surface area contributed by atoms with E-state index in [9.17, 15) is 4.79 Å². The molecule has 4 nitrogen and oxygen atoms in total. The van der Waals surface area contributed by atoms with Crippen LogP contribution in [0.4, 0.5) is 0 Å². The van der Waals surface area contributed by atoms with Crippen molar-refractivity contribution in [3.05, 3.63) is 35.4 Å². The average molecular weight is 251 g/mol. The third kappa shape index (κ3) is 5.29. The van der Waals surface area contributed by atoms with E-state index in [2.05, 4.69) is 22.2 Å². The molecule has 0 saturated carbocycles. The van der Waals surface area contributed by atoms with Gasteiger partial charge in [0, 0.05) is 19.7 Å². The van der Waals surface area contributed by atoms with E-state index in [1.165, 1.54) is 18.2 Å². The molecule has 0 aliphatic carbocycles. The molecule has 1 rings (SSSR count). The molecule has 0 heterocycles. The largest absolute Gasteiger partial charge is 0.469 e. The summed E-state index contributed by atoms with van der Waals surface area (Å²) in [6, 6.07) is 8.14. The van der Waals surface area contributed by atoms with Crippen molar-refractivity contribution in [1.82, 2.24) is 5.32 Å². The van der Waals surface area contributed by atoms with Gasteiger partial charge in [0.1, 0.15) is 0 Å². The highest BCUT2D eigenvalue weighted by Gasteiger charge is 2.02. The molecule has 18 heavy (non-hydrogen) atoms. The average Bonchev–Trinajstić information content (AvgIpc) is 2.42. The molecule has 1 aromatic carbocycles. The van der Waals surface area contributed by atoms with Gasteiger partial charge in [0.2, 0.25) is 0 Å². The molecule has 0 spiro atoms. The molecule has 0 aliphatic heterocycles. The van der Waals surface area contributed by atoms with Crippen LogP contribution in [0.3, 0.4) is 0 Å². The number of ether oxygens (including phenoxy) is 2. The lowest BCUT2D eigenvalue weighted by molar-refractivity contribution is -0.140. The lowest BCUT2D eigenvalue weighted by Crippen LogP contribution is -2.19. The number of carbonyl (C=O) groups is 1. The first-order valence-corrected chi connectivity index (χ1v) is 6.20. The SMILES string of the molecule is CCOCc1ccccc1CNCCC(=O)OC. The zero-order valence-electron chi connectivity index (χ0n) is 11.1. The fourth-order valence-electron chi connectivity index (χ4n) is 1.60. The van der Waals surface area contributed by atoms with E-state index in [4.69, 9.17) is 4.74 Å². The van der Waals surface area contributed by atoms with Gasteiger partial charge in [0.15, 0.2) is 0 Å². The molecule has 100 valence electrons. The fraction of sp³-hybridized carbons (Fsp3) is 0.500. The fourth-order valence-corrected chi connectivity index (χ4v) is 1.60. The second-order valence-corrected chi connectivity index (χ2v) is 3.91. The van der Waals surface area contributed by atoms with E-state index in [0.29, 0.717) is 26.2 Å². The van der Waals surface area contributed by atoms with Crippen molar-refractivity contribution in [2.75, 3.05) is 20.3 Å².